The molecule has 0 saturated heterocycles. The lowest BCUT2D eigenvalue weighted by atomic mass is 10.0. The maximum atomic E-state index is 14.2. The van der Waals surface area contributed by atoms with Gasteiger partial charge in [0.1, 0.15) is 6.10 Å². The highest BCUT2D eigenvalue weighted by molar-refractivity contribution is 9.10. The van der Waals surface area contributed by atoms with Crippen molar-refractivity contribution in [2.45, 2.75) is 64.6 Å². The van der Waals surface area contributed by atoms with Crippen molar-refractivity contribution in [1.82, 2.24) is 0 Å². The standard InChI is InChI=1S/C28H39Br2O8PSi/c1-28(2,3)40(6,7)38-25(27(32)35-5)16-22(26(31)34-4)19-39(33,36-17-20-8-12-23(29)13-9-20)37-18-21-10-14-24(30)15-11-21/h8-15,22,25H,16-19H2,1-7H3/t22-,25+/m1/s1. The van der Waals surface area contributed by atoms with Crippen LogP contribution >= 0.6 is 39.5 Å². The molecule has 0 saturated carbocycles. The van der Waals surface area contributed by atoms with Gasteiger partial charge in [0.2, 0.25) is 0 Å². The second kappa shape index (κ2) is 15.2. The molecule has 222 valence electrons. The van der Waals surface area contributed by atoms with Crippen molar-refractivity contribution in [3.63, 3.8) is 0 Å². The molecule has 0 spiro atoms. The van der Waals surface area contributed by atoms with Gasteiger partial charge in [0, 0.05) is 8.95 Å². The Balaban J connectivity index is 2.35. The number of carbonyl (C=O) groups is 2. The van der Waals surface area contributed by atoms with Crippen LogP contribution in [-0.2, 0) is 50.3 Å². The molecule has 0 N–H and O–H groups in total. The Morgan fingerprint density at radius 3 is 1.62 bits per heavy atom. The monoisotopic (exact) mass is 720 g/mol. The van der Waals surface area contributed by atoms with Gasteiger partial charge in [-0.25, -0.2) is 4.79 Å². The molecule has 2 atom stereocenters. The fraction of sp³-hybridized carbons (Fsp3) is 0.500. The molecule has 0 aliphatic carbocycles. The van der Waals surface area contributed by atoms with Crippen molar-refractivity contribution in [2.24, 2.45) is 5.92 Å². The lowest BCUT2D eigenvalue weighted by Gasteiger charge is -2.39. The second-order valence-electron chi connectivity index (χ2n) is 10.9. The molecule has 0 aliphatic heterocycles. The summed E-state index contributed by atoms with van der Waals surface area (Å²) >= 11 is 6.80. The van der Waals surface area contributed by atoms with Crippen LogP contribution in [0.5, 0.6) is 0 Å². The van der Waals surface area contributed by atoms with Crippen LogP contribution < -0.4 is 0 Å². The van der Waals surface area contributed by atoms with Gasteiger partial charge in [-0.1, -0.05) is 76.9 Å². The highest BCUT2D eigenvalue weighted by Crippen LogP contribution is 2.52. The van der Waals surface area contributed by atoms with Crippen LogP contribution in [-0.4, -0.2) is 46.7 Å². The van der Waals surface area contributed by atoms with Gasteiger partial charge in [-0.15, -0.1) is 0 Å². The molecule has 0 fully saturated rings. The Morgan fingerprint density at radius 2 is 1.25 bits per heavy atom. The molecule has 8 nitrogen and oxygen atoms in total. The lowest BCUT2D eigenvalue weighted by molar-refractivity contribution is -0.152. The van der Waals surface area contributed by atoms with Gasteiger partial charge in [-0.05, 0) is 59.9 Å². The quantitative estimate of drug-likeness (QED) is 0.110. The summed E-state index contributed by atoms with van der Waals surface area (Å²) in [4.78, 5) is 25.7. The molecule has 0 unspecified atom stereocenters. The average Bonchev–Trinajstić information content (AvgIpc) is 2.90. The lowest BCUT2D eigenvalue weighted by Crippen LogP contribution is -2.47. The van der Waals surface area contributed by atoms with E-state index in [0.717, 1.165) is 20.1 Å². The van der Waals surface area contributed by atoms with E-state index in [1.165, 1.54) is 14.2 Å². The van der Waals surface area contributed by atoms with Gasteiger partial charge in [0.15, 0.2) is 8.32 Å². The van der Waals surface area contributed by atoms with Crippen LogP contribution in [0, 0.1) is 5.92 Å². The third-order valence-corrected chi connectivity index (χ3v) is 14.3. The third kappa shape index (κ3) is 10.8. The summed E-state index contributed by atoms with van der Waals surface area (Å²) in [6.07, 6.45) is -1.46. The van der Waals surface area contributed by atoms with Crippen LogP contribution in [0.15, 0.2) is 57.5 Å². The molecule has 40 heavy (non-hydrogen) atoms. The Labute approximate surface area is 255 Å². The van der Waals surface area contributed by atoms with Crippen molar-refractivity contribution in [3.05, 3.63) is 68.6 Å². The number of rotatable bonds is 14. The van der Waals surface area contributed by atoms with E-state index in [9.17, 15) is 14.2 Å². The predicted octanol–water partition coefficient (Wildman–Crippen LogP) is 7.88. The first-order valence-corrected chi connectivity index (χ1v) is 19.0. The summed E-state index contributed by atoms with van der Waals surface area (Å²) in [7, 11) is -3.82. The number of ether oxygens (including phenoxy) is 2. The molecule has 2 aromatic rings. The fourth-order valence-electron chi connectivity index (χ4n) is 3.45. The second-order valence-corrected chi connectivity index (χ2v) is 19.6. The van der Waals surface area contributed by atoms with Crippen LogP contribution in [0.4, 0.5) is 0 Å². The van der Waals surface area contributed by atoms with Gasteiger partial charge in [-0.2, -0.15) is 0 Å². The predicted molar refractivity (Wildman–Crippen MR) is 165 cm³/mol. The summed E-state index contributed by atoms with van der Waals surface area (Å²) in [5, 5.41) is -0.198. The molecule has 0 amide bonds. The Bertz CT molecular complexity index is 1110. The number of carbonyl (C=O) groups excluding carboxylic acids is 2. The number of benzene rings is 2. The van der Waals surface area contributed by atoms with Gasteiger partial charge in [0.25, 0.3) is 0 Å². The van der Waals surface area contributed by atoms with Crippen molar-refractivity contribution < 1.29 is 37.1 Å². The molecule has 2 aromatic carbocycles. The minimum atomic E-state index is -3.90. The summed E-state index contributed by atoms with van der Waals surface area (Å²) in [6.45, 7) is 10.1. The van der Waals surface area contributed by atoms with Gasteiger partial charge in [0.05, 0.1) is 39.5 Å². The summed E-state index contributed by atoms with van der Waals surface area (Å²) in [5.74, 6) is -2.27. The van der Waals surface area contributed by atoms with E-state index >= 15 is 0 Å². The maximum absolute atomic E-state index is 14.2. The third-order valence-electron chi connectivity index (χ3n) is 6.87. The van der Waals surface area contributed by atoms with Crippen LogP contribution in [0.3, 0.4) is 0 Å². The zero-order valence-electron chi connectivity index (χ0n) is 24.1. The minimum absolute atomic E-state index is 0.000310. The van der Waals surface area contributed by atoms with Crippen molar-refractivity contribution in [1.29, 1.82) is 0 Å². The highest BCUT2D eigenvalue weighted by atomic mass is 79.9. The van der Waals surface area contributed by atoms with E-state index in [0.29, 0.717) is 0 Å². The Hall–Kier alpha value is -1.33. The first kappa shape index (κ1) is 34.9. The first-order chi connectivity index (χ1) is 18.6. The molecule has 2 rings (SSSR count). The summed E-state index contributed by atoms with van der Waals surface area (Å²) in [5.41, 5.74) is 1.55. The van der Waals surface area contributed by atoms with E-state index < -0.39 is 39.9 Å². The van der Waals surface area contributed by atoms with Gasteiger partial charge in [-0.3, -0.25) is 9.36 Å². The highest BCUT2D eigenvalue weighted by Gasteiger charge is 2.44. The minimum Gasteiger partial charge on any atom is -0.469 e. The number of halogens is 2. The van der Waals surface area contributed by atoms with E-state index in [2.05, 4.69) is 31.9 Å². The van der Waals surface area contributed by atoms with E-state index in [-0.39, 0.29) is 30.8 Å². The molecular weight excluding hydrogens is 683 g/mol. The van der Waals surface area contributed by atoms with Crippen LogP contribution in [0.2, 0.25) is 18.1 Å². The molecular formula is C28H39Br2O8PSi. The molecule has 0 radical (unpaired) electrons. The molecule has 0 bridgehead atoms. The SMILES string of the molecule is COC(=O)[C@H](C[C@H](O[Si](C)(C)C(C)(C)C)C(=O)OC)CP(=O)(OCc1ccc(Br)cc1)OCc1ccc(Br)cc1. The van der Waals surface area contributed by atoms with E-state index in [4.69, 9.17) is 22.9 Å². The van der Waals surface area contributed by atoms with Crippen molar-refractivity contribution in [2.75, 3.05) is 20.4 Å². The fourth-order valence-corrected chi connectivity index (χ4v) is 7.05. The van der Waals surface area contributed by atoms with Gasteiger partial charge < -0.3 is 22.9 Å². The number of methoxy groups -OCH3 is 2. The molecule has 0 heterocycles. The molecule has 12 heteroatoms. The largest absolute Gasteiger partial charge is 0.469 e. The van der Waals surface area contributed by atoms with Crippen LogP contribution in [0.25, 0.3) is 0 Å². The van der Waals surface area contributed by atoms with Crippen LogP contribution in [0.1, 0.15) is 38.3 Å². The van der Waals surface area contributed by atoms with Crippen molar-refractivity contribution in [3.8, 4) is 0 Å². The average molecular weight is 722 g/mol. The number of esters is 2. The zero-order valence-corrected chi connectivity index (χ0v) is 29.1. The summed E-state index contributed by atoms with van der Waals surface area (Å²) < 4.78 is 44.2. The molecule has 0 aliphatic rings. The summed E-state index contributed by atoms with van der Waals surface area (Å²) in [6, 6.07) is 14.7. The normalized spacial score (nSPS) is 13.9. The number of hydrogen-bond acceptors (Lipinski definition) is 8. The topological polar surface area (TPSA) is 97.4 Å². The van der Waals surface area contributed by atoms with E-state index in [1.54, 1.807) is 0 Å². The Morgan fingerprint density at radius 1 is 0.825 bits per heavy atom. The smallest absolute Gasteiger partial charge is 0.333 e. The van der Waals surface area contributed by atoms with Crippen molar-refractivity contribution >= 4 is 59.7 Å². The first-order valence-electron chi connectivity index (χ1n) is 12.8. The van der Waals surface area contributed by atoms with E-state index in [1.807, 2.05) is 82.4 Å². The maximum Gasteiger partial charge on any atom is 0.333 e. The zero-order chi connectivity index (χ0) is 30.1. The van der Waals surface area contributed by atoms with Gasteiger partial charge >= 0.3 is 19.5 Å². The Kier molecular flexibility index (Phi) is 13.3. The number of hydrogen-bond donors (Lipinski definition) is 0. The molecule has 0 aromatic heterocycles.